The molecule has 0 radical (unpaired) electrons. The summed E-state index contributed by atoms with van der Waals surface area (Å²) in [5.41, 5.74) is 50.6. The van der Waals surface area contributed by atoms with Crippen molar-refractivity contribution in [1.82, 2.24) is 0 Å². The highest BCUT2D eigenvalue weighted by Crippen LogP contribution is 2.73. The van der Waals surface area contributed by atoms with E-state index in [0.717, 1.165) is 66.5 Å². The highest BCUT2D eigenvalue weighted by atomic mass is 31.2. The Hall–Kier alpha value is -8.74. The van der Waals surface area contributed by atoms with Crippen molar-refractivity contribution >= 4 is 59.2 Å². The van der Waals surface area contributed by atoms with Crippen molar-refractivity contribution in [1.29, 1.82) is 0 Å². The monoisotopic (exact) mass is 1000 g/mol. The molecular formula is C63H54N6O3P2. The summed E-state index contributed by atoms with van der Waals surface area (Å²) in [5, 5.41) is -0.712. The van der Waals surface area contributed by atoms with E-state index < -0.39 is 24.8 Å². The minimum atomic E-state index is -3.81. The SMILES string of the molecule is Nc1ccc(C(c2ccc(N)cc2)(c2ccc(N)cc2)P2(=O)Cc3ccccc3-c3ccccc32)cc1.Nc1ccc(C(c2ccc(N)cc2)(c2ccc(N)cc2)P2(=O)Oc3ccccc3-c3ccccc32)cc1. The van der Waals surface area contributed by atoms with E-state index in [1.54, 1.807) is 0 Å². The number of fused-ring (bicyclic) bond motifs is 6. The zero-order valence-corrected chi connectivity index (χ0v) is 42.2. The van der Waals surface area contributed by atoms with Gasteiger partial charge in [0.05, 0.1) is 5.30 Å². The first kappa shape index (κ1) is 47.6. The Balaban J connectivity index is 0.000000159. The summed E-state index contributed by atoms with van der Waals surface area (Å²) >= 11 is 0. The van der Waals surface area contributed by atoms with Crippen LogP contribution in [0.2, 0.25) is 0 Å². The second-order valence-corrected chi connectivity index (χ2v) is 24.3. The molecule has 10 aromatic rings. The van der Waals surface area contributed by atoms with Gasteiger partial charge in [-0.1, -0.05) is 158 Å². The second-order valence-electron chi connectivity index (χ2n) is 18.9. The fraction of sp³-hybridized carbons (Fsp3) is 0.0476. The maximum absolute atomic E-state index is 16.2. The van der Waals surface area contributed by atoms with E-state index in [0.29, 0.717) is 51.3 Å². The molecule has 0 aromatic heterocycles. The third kappa shape index (κ3) is 7.63. The summed E-state index contributed by atoms with van der Waals surface area (Å²) in [4.78, 5) is 0. The lowest BCUT2D eigenvalue weighted by Gasteiger charge is -2.45. The van der Waals surface area contributed by atoms with Crippen molar-refractivity contribution in [2.45, 2.75) is 16.5 Å². The molecule has 11 heteroatoms. The van der Waals surface area contributed by atoms with Crippen LogP contribution in [-0.2, 0) is 25.6 Å². The van der Waals surface area contributed by atoms with Crippen LogP contribution in [0, 0.1) is 0 Å². The normalized spacial score (nSPS) is 16.4. The minimum Gasteiger partial charge on any atom is -0.438 e. The Morgan fingerprint density at radius 3 is 1.01 bits per heavy atom. The molecule has 2 aliphatic heterocycles. The van der Waals surface area contributed by atoms with Gasteiger partial charge >= 0.3 is 0 Å². The zero-order valence-electron chi connectivity index (χ0n) is 40.4. The van der Waals surface area contributed by atoms with Crippen LogP contribution in [0.5, 0.6) is 5.75 Å². The van der Waals surface area contributed by atoms with Gasteiger partial charge in [-0.3, -0.25) is 4.57 Å². The molecule has 364 valence electrons. The summed E-state index contributed by atoms with van der Waals surface area (Å²) in [5.74, 6) is 0.579. The fourth-order valence-corrected chi connectivity index (χ4v) is 18.6. The van der Waals surface area contributed by atoms with Gasteiger partial charge in [-0.25, -0.2) is 0 Å². The molecular weight excluding hydrogens is 951 g/mol. The lowest BCUT2D eigenvalue weighted by atomic mass is 9.83. The minimum absolute atomic E-state index is 0.416. The molecule has 0 aliphatic carbocycles. The molecule has 2 atom stereocenters. The van der Waals surface area contributed by atoms with E-state index in [1.807, 2.05) is 224 Å². The van der Waals surface area contributed by atoms with Crippen molar-refractivity contribution in [3.05, 3.63) is 282 Å². The largest absolute Gasteiger partial charge is 0.438 e. The van der Waals surface area contributed by atoms with E-state index >= 15 is 9.13 Å². The predicted molar refractivity (Wildman–Crippen MR) is 307 cm³/mol. The number of anilines is 6. The molecule has 9 nitrogen and oxygen atoms in total. The fourth-order valence-electron chi connectivity index (χ4n) is 11.2. The molecule has 0 bridgehead atoms. The van der Waals surface area contributed by atoms with Crippen molar-refractivity contribution < 1.29 is 13.7 Å². The van der Waals surface area contributed by atoms with Crippen LogP contribution in [0.25, 0.3) is 22.3 Å². The van der Waals surface area contributed by atoms with Crippen molar-refractivity contribution in [3.8, 4) is 28.0 Å². The average molecular weight is 1010 g/mol. The molecule has 0 saturated heterocycles. The summed E-state index contributed by atoms with van der Waals surface area (Å²) in [6.45, 7) is 0. The summed E-state index contributed by atoms with van der Waals surface area (Å²) in [6.07, 6.45) is 0.416. The van der Waals surface area contributed by atoms with Crippen LogP contribution >= 0.6 is 14.5 Å². The van der Waals surface area contributed by atoms with Crippen molar-refractivity contribution in [2.24, 2.45) is 0 Å². The van der Waals surface area contributed by atoms with E-state index in [1.165, 1.54) is 0 Å². The highest BCUT2D eigenvalue weighted by Gasteiger charge is 2.58. The predicted octanol–water partition coefficient (Wildman–Crippen LogP) is 13.0. The van der Waals surface area contributed by atoms with Gasteiger partial charge in [-0.05, 0) is 141 Å². The number of para-hydroxylation sites is 1. The van der Waals surface area contributed by atoms with E-state index in [2.05, 4.69) is 18.2 Å². The average Bonchev–Trinajstić information content (AvgIpc) is 3.42. The van der Waals surface area contributed by atoms with Gasteiger partial charge in [0.15, 0.2) is 0 Å². The van der Waals surface area contributed by atoms with Crippen LogP contribution in [0.4, 0.5) is 34.1 Å². The smallest absolute Gasteiger partial charge is 0.296 e. The number of nitrogens with two attached hydrogens (primary N) is 6. The lowest BCUT2D eigenvalue weighted by Crippen LogP contribution is -2.38. The Kier molecular flexibility index (Phi) is 12.0. The number of hydrogen-bond acceptors (Lipinski definition) is 9. The Morgan fingerprint density at radius 2 is 0.608 bits per heavy atom. The van der Waals surface area contributed by atoms with Gasteiger partial charge in [0.1, 0.15) is 23.2 Å². The summed E-state index contributed by atoms with van der Waals surface area (Å²) < 4.78 is 38.9. The first-order valence-corrected chi connectivity index (χ1v) is 27.8. The number of nitrogen functional groups attached to an aromatic ring is 6. The first-order valence-electron chi connectivity index (χ1n) is 24.3. The molecule has 0 spiro atoms. The molecule has 2 unspecified atom stereocenters. The lowest BCUT2D eigenvalue weighted by molar-refractivity contribution is 0.469. The van der Waals surface area contributed by atoms with E-state index in [9.17, 15) is 0 Å². The van der Waals surface area contributed by atoms with Gasteiger partial charge in [0.25, 0.3) is 7.37 Å². The molecule has 12 N–H and O–H groups in total. The Morgan fingerprint density at radius 1 is 0.311 bits per heavy atom. The molecule has 74 heavy (non-hydrogen) atoms. The van der Waals surface area contributed by atoms with Crippen LogP contribution in [-0.4, -0.2) is 0 Å². The molecule has 2 heterocycles. The third-order valence-electron chi connectivity index (χ3n) is 14.6. The first-order chi connectivity index (χ1) is 35.9. The maximum atomic E-state index is 16.2. The van der Waals surface area contributed by atoms with Crippen LogP contribution in [0.15, 0.2) is 243 Å². The quantitative estimate of drug-likeness (QED) is 0.0487. The van der Waals surface area contributed by atoms with Gasteiger partial charge in [0, 0.05) is 51.2 Å². The summed E-state index contributed by atoms with van der Waals surface area (Å²) in [7, 11) is -7.12. The molecule has 0 fully saturated rings. The second kappa shape index (κ2) is 18.7. The van der Waals surface area contributed by atoms with Crippen molar-refractivity contribution in [2.75, 3.05) is 34.4 Å². The number of benzene rings is 10. The summed E-state index contributed by atoms with van der Waals surface area (Å²) in [6, 6.07) is 77.7. The molecule has 0 saturated carbocycles. The third-order valence-corrected chi connectivity index (χ3v) is 21.5. The van der Waals surface area contributed by atoms with Gasteiger partial charge in [-0.15, -0.1) is 0 Å². The maximum Gasteiger partial charge on any atom is 0.296 e. The Bertz CT molecular complexity index is 3320. The van der Waals surface area contributed by atoms with Crippen molar-refractivity contribution in [3.63, 3.8) is 0 Å². The number of hydrogen-bond donors (Lipinski definition) is 6. The van der Waals surface area contributed by atoms with Gasteiger partial charge < -0.3 is 43.5 Å². The zero-order chi connectivity index (χ0) is 51.2. The topological polar surface area (TPSA) is 199 Å². The van der Waals surface area contributed by atoms with Gasteiger partial charge in [0.2, 0.25) is 0 Å². The van der Waals surface area contributed by atoms with Crippen LogP contribution in [0.1, 0.15) is 38.9 Å². The number of rotatable bonds is 8. The van der Waals surface area contributed by atoms with Crippen LogP contribution < -0.4 is 49.5 Å². The van der Waals surface area contributed by atoms with E-state index in [-0.39, 0.29) is 0 Å². The standard InChI is InChI=1S/C32H28N3OP.C31H26N3O2P/c33-26-15-9-23(10-16-26)32(24-11-17-27(34)18-12-24,25-13-19-28(35)20-14-25)37(36)21-22-5-1-2-6-29(22)30-7-3-4-8-31(30)37;32-24-15-9-21(10-16-24)31(22-11-17-25(33)18-12-22,23-13-19-26(34)20-14-23)37(35)30-8-4-2-6-28(30)27-5-1-3-7-29(27)36-37/h1-20H,21,33-35H2;1-20H,32-34H2. The van der Waals surface area contributed by atoms with Crippen LogP contribution in [0.3, 0.4) is 0 Å². The van der Waals surface area contributed by atoms with E-state index in [4.69, 9.17) is 38.9 Å². The molecule has 10 aromatic carbocycles. The Labute approximate surface area is 431 Å². The molecule has 2 aliphatic rings. The molecule has 12 rings (SSSR count). The molecule has 0 amide bonds. The highest BCUT2D eigenvalue weighted by molar-refractivity contribution is 7.73. The van der Waals surface area contributed by atoms with Gasteiger partial charge in [-0.2, -0.15) is 0 Å².